The van der Waals surface area contributed by atoms with Gasteiger partial charge in [-0.25, -0.2) is 10.2 Å². The maximum absolute atomic E-state index is 12.2. The van der Waals surface area contributed by atoms with Crippen molar-refractivity contribution in [2.75, 3.05) is 7.11 Å². The van der Waals surface area contributed by atoms with Crippen molar-refractivity contribution in [3.05, 3.63) is 77.4 Å². The predicted molar refractivity (Wildman–Crippen MR) is 98.5 cm³/mol. The summed E-state index contributed by atoms with van der Waals surface area (Å²) in [5.74, 6) is -1.05. The number of methoxy groups -OCH3 is 1. The van der Waals surface area contributed by atoms with Crippen molar-refractivity contribution in [3.63, 3.8) is 0 Å². The molecule has 0 aliphatic heterocycles. The van der Waals surface area contributed by atoms with E-state index in [2.05, 4.69) is 15.3 Å². The number of rotatable bonds is 4. The Morgan fingerprint density at radius 3 is 2.35 bits per heavy atom. The number of ether oxygens (including phenoxy) is 1. The zero-order valence-corrected chi connectivity index (χ0v) is 14.0. The van der Waals surface area contributed by atoms with Crippen molar-refractivity contribution in [1.82, 2.24) is 5.43 Å². The summed E-state index contributed by atoms with van der Waals surface area (Å²) in [6, 6.07) is 17.1. The number of hydrazone groups is 1. The number of hydrogen-bond acceptors (Lipinski definition) is 5. The Hall–Kier alpha value is -3.67. The Labute approximate surface area is 149 Å². The Bertz CT molecular complexity index is 994. The van der Waals surface area contributed by atoms with Gasteiger partial charge in [-0.15, -0.1) is 0 Å². The summed E-state index contributed by atoms with van der Waals surface area (Å²) >= 11 is 0. The van der Waals surface area contributed by atoms with Gasteiger partial charge in [0.05, 0.1) is 24.5 Å². The second kappa shape index (κ2) is 7.48. The summed E-state index contributed by atoms with van der Waals surface area (Å²) in [6.45, 7) is 0. The quantitative estimate of drug-likeness (QED) is 0.431. The molecule has 2 N–H and O–H groups in total. The van der Waals surface area contributed by atoms with Gasteiger partial charge in [0, 0.05) is 0 Å². The molecule has 0 heterocycles. The number of fused-ring (bicyclic) bond motifs is 1. The van der Waals surface area contributed by atoms with E-state index in [0.717, 1.165) is 10.8 Å². The zero-order chi connectivity index (χ0) is 18.5. The Kier molecular flexibility index (Phi) is 4.94. The van der Waals surface area contributed by atoms with E-state index in [-0.39, 0.29) is 11.3 Å². The number of esters is 1. The number of hydrogen-bond donors (Lipinski definition) is 2. The summed E-state index contributed by atoms with van der Waals surface area (Å²) in [5, 5.41) is 15.6. The molecule has 0 radical (unpaired) electrons. The van der Waals surface area contributed by atoms with Gasteiger partial charge < -0.3 is 9.84 Å². The third kappa shape index (κ3) is 3.70. The van der Waals surface area contributed by atoms with Crippen LogP contribution in [0.2, 0.25) is 0 Å². The summed E-state index contributed by atoms with van der Waals surface area (Å²) in [6.07, 6.45) is 1.44. The number of aromatic hydroxyl groups is 1. The lowest BCUT2D eigenvalue weighted by molar-refractivity contribution is 0.0600. The van der Waals surface area contributed by atoms with Crippen molar-refractivity contribution in [2.45, 2.75) is 0 Å². The molecule has 0 saturated heterocycles. The molecular formula is C20H16N2O4. The summed E-state index contributed by atoms with van der Waals surface area (Å²) in [5.41, 5.74) is 3.64. The number of carbonyl (C=O) groups excluding carboxylic acids is 2. The van der Waals surface area contributed by atoms with Crippen molar-refractivity contribution in [1.29, 1.82) is 0 Å². The Morgan fingerprint density at radius 2 is 1.69 bits per heavy atom. The largest absolute Gasteiger partial charge is 0.507 e. The normalized spacial score (nSPS) is 10.8. The van der Waals surface area contributed by atoms with Gasteiger partial charge in [-0.2, -0.15) is 5.10 Å². The molecule has 0 aliphatic carbocycles. The molecule has 0 saturated carbocycles. The van der Waals surface area contributed by atoms with Crippen molar-refractivity contribution in [3.8, 4) is 5.75 Å². The van der Waals surface area contributed by atoms with E-state index in [1.165, 1.54) is 13.3 Å². The smallest absolute Gasteiger partial charge is 0.337 e. The van der Waals surface area contributed by atoms with E-state index in [4.69, 9.17) is 0 Å². The van der Waals surface area contributed by atoms with Gasteiger partial charge in [0.2, 0.25) is 0 Å². The first-order valence-electron chi connectivity index (χ1n) is 7.82. The lowest BCUT2D eigenvalue weighted by atomic mass is 10.1. The maximum atomic E-state index is 12.2. The highest BCUT2D eigenvalue weighted by molar-refractivity contribution is 6.01. The molecule has 3 aromatic carbocycles. The van der Waals surface area contributed by atoms with Crippen LogP contribution in [0.3, 0.4) is 0 Å². The van der Waals surface area contributed by atoms with E-state index in [9.17, 15) is 14.7 Å². The second-order valence-electron chi connectivity index (χ2n) is 5.53. The van der Waals surface area contributed by atoms with Crippen molar-refractivity contribution in [2.24, 2.45) is 5.10 Å². The highest BCUT2D eigenvalue weighted by atomic mass is 16.5. The van der Waals surface area contributed by atoms with Gasteiger partial charge in [0.25, 0.3) is 5.91 Å². The first-order chi connectivity index (χ1) is 12.6. The van der Waals surface area contributed by atoms with Crippen LogP contribution in [0.15, 0.2) is 65.8 Å². The molecule has 1 amide bonds. The molecule has 0 bridgehead atoms. The van der Waals surface area contributed by atoms with Crippen LogP contribution < -0.4 is 5.43 Å². The highest BCUT2D eigenvalue weighted by Gasteiger charge is 2.11. The minimum Gasteiger partial charge on any atom is -0.507 e. The number of benzene rings is 3. The zero-order valence-electron chi connectivity index (χ0n) is 14.0. The number of phenols is 1. The van der Waals surface area contributed by atoms with E-state index in [1.54, 1.807) is 36.4 Å². The number of nitrogens with one attached hydrogen (secondary N) is 1. The third-order valence-electron chi connectivity index (χ3n) is 3.82. The fraction of sp³-hybridized carbons (Fsp3) is 0.0500. The molecule has 3 aromatic rings. The lowest BCUT2D eigenvalue weighted by Crippen LogP contribution is -2.17. The molecular weight excluding hydrogens is 332 g/mol. The van der Waals surface area contributed by atoms with Gasteiger partial charge in [-0.1, -0.05) is 36.4 Å². The van der Waals surface area contributed by atoms with Crippen LogP contribution >= 0.6 is 0 Å². The van der Waals surface area contributed by atoms with Crippen LogP contribution in [0.4, 0.5) is 0 Å². The molecule has 3 rings (SSSR count). The van der Waals surface area contributed by atoms with Gasteiger partial charge in [-0.05, 0) is 40.6 Å². The van der Waals surface area contributed by atoms with E-state index >= 15 is 0 Å². The number of phenolic OH excluding ortho intramolecular Hbond substituents is 1. The summed E-state index contributed by atoms with van der Waals surface area (Å²) in [4.78, 5) is 23.6. The summed E-state index contributed by atoms with van der Waals surface area (Å²) < 4.78 is 4.63. The summed E-state index contributed by atoms with van der Waals surface area (Å²) in [7, 11) is 1.31. The second-order valence-corrected chi connectivity index (χ2v) is 5.53. The molecule has 0 fully saturated rings. The molecule has 0 aliphatic rings. The molecule has 6 heteroatoms. The average Bonchev–Trinajstić information content (AvgIpc) is 2.67. The first kappa shape index (κ1) is 17.2. The maximum Gasteiger partial charge on any atom is 0.337 e. The molecule has 0 spiro atoms. The minimum atomic E-state index is -0.518. The highest BCUT2D eigenvalue weighted by Crippen LogP contribution is 2.24. The molecule has 6 nitrogen and oxygen atoms in total. The van der Waals surface area contributed by atoms with Gasteiger partial charge in [0.15, 0.2) is 0 Å². The lowest BCUT2D eigenvalue weighted by Gasteiger charge is -2.05. The van der Waals surface area contributed by atoms with Crippen LogP contribution in [-0.4, -0.2) is 30.3 Å². The molecule has 130 valence electrons. The molecule has 0 aromatic heterocycles. The van der Waals surface area contributed by atoms with Crippen molar-refractivity contribution >= 4 is 28.9 Å². The van der Waals surface area contributed by atoms with E-state index in [1.807, 2.05) is 24.3 Å². The third-order valence-corrected chi connectivity index (χ3v) is 3.82. The Morgan fingerprint density at radius 1 is 1.04 bits per heavy atom. The molecule has 0 atom stereocenters. The predicted octanol–water partition coefficient (Wildman–Crippen LogP) is 3.10. The first-order valence-corrected chi connectivity index (χ1v) is 7.82. The van der Waals surface area contributed by atoms with Crippen LogP contribution in [0.5, 0.6) is 5.75 Å². The minimum absolute atomic E-state index is 0.112. The van der Waals surface area contributed by atoms with Gasteiger partial charge >= 0.3 is 5.97 Å². The van der Waals surface area contributed by atoms with Gasteiger partial charge in [-0.3, -0.25) is 4.79 Å². The topological polar surface area (TPSA) is 88.0 Å². The van der Waals surface area contributed by atoms with Crippen LogP contribution in [0, 0.1) is 0 Å². The monoisotopic (exact) mass is 348 g/mol. The number of amides is 1. The SMILES string of the molecule is COC(=O)c1ccc(/C=N\NC(=O)c2cc3ccccc3cc2O)cc1. The number of carbonyl (C=O) groups is 2. The van der Waals surface area contributed by atoms with Gasteiger partial charge in [0.1, 0.15) is 5.75 Å². The Balaban J connectivity index is 1.71. The molecule has 26 heavy (non-hydrogen) atoms. The fourth-order valence-corrected chi connectivity index (χ4v) is 2.46. The molecule has 0 unspecified atom stereocenters. The van der Waals surface area contributed by atoms with Crippen LogP contribution in [-0.2, 0) is 4.74 Å². The van der Waals surface area contributed by atoms with Crippen LogP contribution in [0.25, 0.3) is 10.8 Å². The fourth-order valence-electron chi connectivity index (χ4n) is 2.46. The standard InChI is InChI=1S/C20H16N2O4/c1-26-20(25)14-8-6-13(7-9-14)12-21-22-19(24)17-10-15-4-2-3-5-16(15)11-18(17)23/h2-12,23H,1H3,(H,22,24)/b21-12-. The van der Waals surface area contributed by atoms with E-state index in [0.29, 0.717) is 11.1 Å². The average molecular weight is 348 g/mol. The number of nitrogens with zero attached hydrogens (tertiary/aromatic N) is 1. The van der Waals surface area contributed by atoms with E-state index < -0.39 is 11.9 Å². The van der Waals surface area contributed by atoms with Crippen molar-refractivity contribution < 1.29 is 19.4 Å². The van der Waals surface area contributed by atoms with Crippen LogP contribution in [0.1, 0.15) is 26.3 Å².